The van der Waals surface area contributed by atoms with Gasteiger partial charge in [-0.15, -0.1) is 45.9 Å². The van der Waals surface area contributed by atoms with Gasteiger partial charge in [-0.3, -0.25) is 15.0 Å². The van der Waals surface area contributed by atoms with Crippen molar-refractivity contribution in [2.45, 2.75) is 24.5 Å². The van der Waals surface area contributed by atoms with Crippen molar-refractivity contribution in [2.24, 2.45) is 11.5 Å². The zero-order chi connectivity index (χ0) is 19.0. The minimum absolute atomic E-state index is 0. The number of rotatable bonds is 6. The molecular weight excluding hydrogens is 435 g/mol. The summed E-state index contributed by atoms with van der Waals surface area (Å²) in [4.78, 5) is 35.8. The van der Waals surface area contributed by atoms with E-state index in [0.29, 0.717) is 17.1 Å². The van der Waals surface area contributed by atoms with E-state index in [-0.39, 0.29) is 50.2 Å². The summed E-state index contributed by atoms with van der Waals surface area (Å²) in [5.74, 6) is -1.18. The van der Waals surface area contributed by atoms with Crippen LogP contribution in [-0.4, -0.2) is 56.4 Å². The molecule has 2 atom stereocenters. The molecule has 2 aliphatic heterocycles. The first-order chi connectivity index (χ1) is 12.3. The number of carboxylic acid groups (broad SMARTS) is 1. The minimum Gasteiger partial charge on any atom is -0.543 e. The third kappa shape index (κ3) is 4.20. The Kier molecular flexibility index (Phi) is 8.14. The lowest BCUT2D eigenvalue weighted by Gasteiger charge is -2.49. The summed E-state index contributed by atoms with van der Waals surface area (Å²) in [5, 5.41) is 22.9. The number of hydrogen-bond donors (Lipinski definition) is 4. The second kappa shape index (κ2) is 9.47. The van der Waals surface area contributed by atoms with E-state index >= 15 is 0 Å². The number of thioether (sulfide) groups is 1. The molecule has 11 nitrogen and oxygen atoms in total. The number of carboxylic acids is 1. The first-order valence-corrected chi connectivity index (χ1v) is 8.80. The van der Waals surface area contributed by atoms with Gasteiger partial charge in [0.2, 0.25) is 5.91 Å². The average Bonchev–Trinajstić information content (AvgIpc) is 2.95. The predicted octanol–water partition coefficient (Wildman–Crippen LogP) is -2.65. The van der Waals surface area contributed by atoms with E-state index in [9.17, 15) is 24.6 Å². The standard InChI is InChI=1S/C14H18N6O5S.2ClH/c15-9-11(22)20-10(13(23)24)7(6-26-12(9)20)5-18-2-1-8(17-14(16)25)19(18)3-4-21;;/h1-2,9,12,21H,3-6,15H2,(H3,16,23,24,25);2*1H/t9-,12-;;/m1../s1. The number of nitrogens with zero attached hydrogens (tertiary/aromatic N) is 3. The lowest BCUT2D eigenvalue weighted by molar-refractivity contribution is -0.767. The van der Waals surface area contributed by atoms with Crippen molar-refractivity contribution < 1.29 is 29.3 Å². The Balaban J connectivity index is 0.00000196. The number of fused-ring (bicyclic) bond motifs is 1. The Bertz CT molecular complexity index is 816. The van der Waals surface area contributed by atoms with Gasteiger partial charge in [0.25, 0.3) is 0 Å². The summed E-state index contributed by atoms with van der Waals surface area (Å²) in [7, 11) is 0. The van der Waals surface area contributed by atoms with Crippen LogP contribution < -0.4 is 26.6 Å². The predicted molar refractivity (Wildman–Crippen MR) is 103 cm³/mol. The second-order valence-corrected chi connectivity index (χ2v) is 6.91. The smallest absolute Gasteiger partial charge is 0.317 e. The Labute approximate surface area is 176 Å². The lowest BCUT2D eigenvalue weighted by atomic mass is 10.0. The van der Waals surface area contributed by atoms with Gasteiger partial charge in [-0.05, 0) is 0 Å². The first-order valence-electron chi connectivity index (χ1n) is 7.75. The van der Waals surface area contributed by atoms with E-state index in [4.69, 9.17) is 11.5 Å². The van der Waals surface area contributed by atoms with Crippen LogP contribution in [0.5, 0.6) is 0 Å². The zero-order valence-electron chi connectivity index (χ0n) is 14.4. The number of hydrogen-bond acceptors (Lipinski definition) is 7. The molecular formula is C14H20Cl2N6O5S. The van der Waals surface area contributed by atoms with Crippen molar-refractivity contribution in [2.75, 3.05) is 17.7 Å². The number of carbonyl (C=O) groups excluding carboxylic acids is 3. The van der Waals surface area contributed by atoms with Crippen LogP contribution in [0.4, 0.5) is 10.6 Å². The maximum absolute atomic E-state index is 12.0. The quantitative estimate of drug-likeness (QED) is 0.268. The molecule has 0 bridgehead atoms. The van der Waals surface area contributed by atoms with Crippen LogP contribution in [0.25, 0.3) is 0 Å². The molecule has 2 aliphatic rings. The van der Waals surface area contributed by atoms with Crippen LogP contribution in [0, 0.1) is 0 Å². The Morgan fingerprint density at radius 2 is 2.11 bits per heavy atom. The normalized spacial score (nSPS) is 20.5. The molecule has 0 saturated carbocycles. The topological polar surface area (TPSA) is 171 Å². The summed E-state index contributed by atoms with van der Waals surface area (Å²) >= 11 is 1.38. The van der Waals surface area contributed by atoms with Crippen molar-refractivity contribution in [3.63, 3.8) is 0 Å². The molecule has 0 spiro atoms. The van der Waals surface area contributed by atoms with E-state index in [1.54, 1.807) is 21.6 Å². The van der Waals surface area contributed by atoms with Crippen molar-refractivity contribution in [1.82, 2.24) is 9.58 Å². The summed E-state index contributed by atoms with van der Waals surface area (Å²) in [6.45, 7) is 0.0765. The number of aromatic nitrogens is 2. The zero-order valence-corrected chi connectivity index (χ0v) is 16.9. The third-order valence-corrected chi connectivity index (χ3v) is 5.55. The molecule has 3 heterocycles. The Morgan fingerprint density at radius 3 is 2.68 bits per heavy atom. The summed E-state index contributed by atoms with van der Waals surface area (Å²) in [6, 6.07) is 0.0943. The van der Waals surface area contributed by atoms with Crippen molar-refractivity contribution in [3.05, 3.63) is 23.5 Å². The fraction of sp³-hybridized carbons (Fsp3) is 0.429. The van der Waals surface area contributed by atoms with Gasteiger partial charge in [0.05, 0.1) is 24.3 Å². The van der Waals surface area contributed by atoms with Crippen molar-refractivity contribution in [3.8, 4) is 0 Å². The maximum Gasteiger partial charge on any atom is 0.317 e. The molecule has 6 N–H and O–H groups in total. The summed E-state index contributed by atoms with van der Waals surface area (Å²) in [5.41, 5.74) is 11.1. The lowest BCUT2D eigenvalue weighted by Crippen LogP contribution is -2.69. The summed E-state index contributed by atoms with van der Waals surface area (Å²) < 4.78 is 3.16. The number of aliphatic hydroxyl groups excluding tert-OH is 1. The molecule has 0 unspecified atom stereocenters. The van der Waals surface area contributed by atoms with Gasteiger partial charge in [0, 0.05) is 11.3 Å². The van der Waals surface area contributed by atoms with Crippen LogP contribution in [0.3, 0.4) is 0 Å². The van der Waals surface area contributed by atoms with Gasteiger partial charge in [-0.25, -0.2) is 4.79 Å². The molecule has 0 aliphatic carbocycles. The van der Waals surface area contributed by atoms with Gasteiger partial charge in [-0.2, -0.15) is 0 Å². The second-order valence-electron chi connectivity index (χ2n) is 5.81. The molecule has 3 rings (SSSR count). The SMILES string of the molecule is Cl.Cl.NC(=O)Nc1cc[n+](CC2=C(C(=O)[O-])N3C(=O)[C@@H](N)[C@H]3SC2)n1CCO. The van der Waals surface area contributed by atoms with Crippen LogP contribution in [0.1, 0.15) is 0 Å². The monoisotopic (exact) mass is 454 g/mol. The third-order valence-electron chi connectivity index (χ3n) is 4.19. The highest BCUT2D eigenvalue weighted by molar-refractivity contribution is 8.00. The molecule has 0 radical (unpaired) electrons. The van der Waals surface area contributed by atoms with Crippen LogP contribution in [0.2, 0.25) is 0 Å². The molecule has 3 amide bonds. The molecule has 0 aromatic carbocycles. The number of anilines is 1. The number of carbonyl (C=O) groups is 3. The number of amides is 3. The fourth-order valence-corrected chi connectivity index (χ4v) is 4.34. The molecule has 1 saturated heterocycles. The number of aliphatic hydroxyl groups is 1. The molecule has 156 valence electrons. The van der Waals surface area contributed by atoms with E-state index in [2.05, 4.69) is 5.32 Å². The average molecular weight is 455 g/mol. The Hall–Kier alpha value is -1.99. The van der Waals surface area contributed by atoms with Crippen molar-refractivity contribution >= 4 is 60.3 Å². The highest BCUT2D eigenvalue weighted by atomic mass is 35.5. The van der Waals surface area contributed by atoms with Gasteiger partial charge < -0.3 is 26.5 Å². The van der Waals surface area contributed by atoms with Gasteiger partial charge in [0.15, 0.2) is 18.6 Å². The van der Waals surface area contributed by atoms with E-state index in [1.165, 1.54) is 11.8 Å². The number of nitrogens with two attached hydrogens (primary N) is 2. The molecule has 1 aromatic heterocycles. The minimum atomic E-state index is -1.44. The number of primary amides is 1. The number of β-lactam (4-membered cyclic amide) rings is 1. The number of urea groups is 1. The number of halogens is 2. The van der Waals surface area contributed by atoms with E-state index in [1.807, 2.05) is 0 Å². The molecule has 1 fully saturated rings. The van der Waals surface area contributed by atoms with Gasteiger partial charge in [-0.1, -0.05) is 0 Å². The molecule has 28 heavy (non-hydrogen) atoms. The number of aliphatic carboxylic acids is 1. The number of nitrogens with one attached hydrogen (secondary N) is 1. The highest BCUT2D eigenvalue weighted by Crippen LogP contribution is 2.39. The van der Waals surface area contributed by atoms with E-state index < -0.39 is 29.3 Å². The molecule has 1 aromatic rings. The fourth-order valence-electron chi connectivity index (χ4n) is 3.06. The van der Waals surface area contributed by atoms with Crippen LogP contribution in [-0.2, 0) is 22.7 Å². The molecule has 14 heteroatoms. The Morgan fingerprint density at radius 1 is 1.43 bits per heavy atom. The maximum atomic E-state index is 12.0. The summed E-state index contributed by atoms with van der Waals surface area (Å²) in [6.07, 6.45) is 1.61. The largest absolute Gasteiger partial charge is 0.543 e. The van der Waals surface area contributed by atoms with Gasteiger partial charge >= 0.3 is 6.03 Å². The highest BCUT2D eigenvalue weighted by Gasteiger charge is 2.50. The van der Waals surface area contributed by atoms with Crippen LogP contribution in [0.15, 0.2) is 23.5 Å². The van der Waals surface area contributed by atoms with Gasteiger partial charge in [0.1, 0.15) is 18.0 Å². The first kappa shape index (κ1) is 24.0. The van der Waals surface area contributed by atoms with Crippen molar-refractivity contribution in [1.29, 1.82) is 0 Å². The van der Waals surface area contributed by atoms with Crippen LogP contribution >= 0.6 is 36.6 Å². The van der Waals surface area contributed by atoms with E-state index in [0.717, 1.165) is 4.90 Å².